The number of piperidine rings is 1. The van der Waals surface area contributed by atoms with Gasteiger partial charge in [0, 0.05) is 31.7 Å². The van der Waals surface area contributed by atoms with Gasteiger partial charge in [-0.2, -0.15) is 0 Å². The second-order valence-electron chi connectivity index (χ2n) is 4.86. The molecule has 0 spiro atoms. The van der Waals surface area contributed by atoms with Crippen LogP contribution in [0, 0.1) is 0 Å². The molecule has 1 saturated heterocycles. The topological polar surface area (TPSA) is 58.7 Å². The normalized spacial score (nSPS) is 17.9. The quantitative estimate of drug-likeness (QED) is 0.840. The first-order chi connectivity index (χ1) is 8.72. The summed E-state index contributed by atoms with van der Waals surface area (Å²) in [5, 5.41) is 9.51. The fourth-order valence-corrected chi connectivity index (χ4v) is 2.40. The molecule has 4 nitrogen and oxygen atoms in total. The van der Waals surface area contributed by atoms with Crippen molar-refractivity contribution >= 4 is 0 Å². The van der Waals surface area contributed by atoms with Crippen molar-refractivity contribution in [2.24, 2.45) is 5.73 Å². The van der Waals surface area contributed by atoms with Gasteiger partial charge in [-0.05, 0) is 30.5 Å². The van der Waals surface area contributed by atoms with Crippen molar-refractivity contribution < 1.29 is 9.84 Å². The van der Waals surface area contributed by atoms with Crippen LogP contribution in [-0.4, -0.2) is 36.3 Å². The van der Waals surface area contributed by atoms with Gasteiger partial charge in [0.2, 0.25) is 0 Å². The molecule has 0 bridgehead atoms. The van der Waals surface area contributed by atoms with E-state index < -0.39 is 0 Å². The van der Waals surface area contributed by atoms with E-state index in [0.717, 1.165) is 43.8 Å². The van der Waals surface area contributed by atoms with Crippen LogP contribution in [0.4, 0.5) is 0 Å². The van der Waals surface area contributed by atoms with Gasteiger partial charge in [-0.1, -0.05) is 6.07 Å². The van der Waals surface area contributed by atoms with E-state index in [-0.39, 0.29) is 6.10 Å². The fraction of sp³-hybridized carbons (Fsp3) is 0.571. The van der Waals surface area contributed by atoms with E-state index in [1.54, 1.807) is 7.11 Å². The van der Waals surface area contributed by atoms with Crippen molar-refractivity contribution in [2.45, 2.75) is 32.0 Å². The number of methoxy groups -OCH3 is 1. The number of aliphatic hydroxyl groups excluding tert-OH is 1. The van der Waals surface area contributed by atoms with Crippen molar-refractivity contribution in [1.29, 1.82) is 0 Å². The van der Waals surface area contributed by atoms with E-state index in [2.05, 4.69) is 11.0 Å². The highest BCUT2D eigenvalue weighted by atomic mass is 16.5. The van der Waals surface area contributed by atoms with Crippen LogP contribution in [0.1, 0.15) is 24.0 Å². The third-order valence-corrected chi connectivity index (χ3v) is 3.53. The fourth-order valence-electron chi connectivity index (χ4n) is 2.40. The van der Waals surface area contributed by atoms with E-state index in [0.29, 0.717) is 6.54 Å². The highest BCUT2D eigenvalue weighted by Gasteiger charge is 2.18. The van der Waals surface area contributed by atoms with Crippen LogP contribution < -0.4 is 10.5 Å². The molecule has 0 saturated carbocycles. The molecule has 1 aliphatic rings. The zero-order valence-electron chi connectivity index (χ0n) is 10.9. The molecule has 0 aliphatic carbocycles. The van der Waals surface area contributed by atoms with Crippen molar-refractivity contribution in [3.8, 4) is 5.75 Å². The lowest BCUT2D eigenvalue weighted by Gasteiger charge is -2.30. The summed E-state index contributed by atoms with van der Waals surface area (Å²) in [6.07, 6.45) is 1.59. The van der Waals surface area contributed by atoms with Gasteiger partial charge in [0.1, 0.15) is 5.75 Å². The molecule has 0 aromatic heterocycles. The first kappa shape index (κ1) is 13.3. The second kappa shape index (κ2) is 6.18. The molecule has 3 N–H and O–H groups in total. The molecular formula is C14H22N2O2. The molecule has 1 aromatic rings. The van der Waals surface area contributed by atoms with Crippen molar-refractivity contribution in [1.82, 2.24) is 4.90 Å². The summed E-state index contributed by atoms with van der Waals surface area (Å²) in [6.45, 7) is 3.30. The van der Waals surface area contributed by atoms with E-state index >= 15 is 0 Å². The van der Waals surface area contributed by atoms with Crippen LogP contribution in [0.2, 0.25) is 0 Å². The van der Waals surface area contributed by atoms with Crippen LogP contribution in [0.25, 0.3) is 0 Å². The monoisotopic (exact) mass is 250 g/mol. The molecule has 1 aliphatic heterocycles. The SMILES string of the molecule is COc1ccc(CN)cc1CN1CCC(O)CC1. The lowest BCUT2D eigenvalue weighted by molar-refractivity contribution is 0.0789. The molecular weight excluding hydrogens is 228 g/mol. The van der Waals surface area contributed by atoms with Crippen LogP contribution in [0.3, 0.4) is 0 Å². The van der Waals surface area contributed by atoms with Crippen LogP contribution in [0.5, 0.6) is 5.75 Å². The third kappa shape index (κ3) is 3.22. The van der Waals surface area contributed by atoms with E-state index in [9.17, 15) is 5.11 Å². The molecule has 0 amide bonds. The zero-order chi connectivity index (χ0) is 13.0. The maximum absolute atomic E-state index is 9.51. The lowest BCUT2D eigenvalue weighted by atomic mass is 10.1. The maximum Gasteiger partial charge on any atom is 0.123 e. The van der Waals surface area contributed by atoms with Gasteiger partial charge in [0.15, 0.2) is 0 Å². The van der Waals surface area contributed by atoms with Gasteiger partial charge in [0.05, 0.1) is 13.2 Å². The number of rotatable bonds is 4. The molecule has 2 rings (SSSR count). The summed E-state index contributed by atoms with van der Waals surface area (Å²) in [5.74, 6) is 0.915. The van der Waals surface area contributed by atoms with Gasteiger partial charge in [-0.15, -0.1) is 0 Å². The first-order valence-corrected chi connectivity index (χ1v) is 6.49. The summed E-state index contributed by atoms with van der Waals surface area (Å²) in [4.78, 5) is 2.35. The standard InChI is InChI=1S/C14H22N2O2/c1-18-14-3-2-11(9-15)8-12(14)10-16-6-4-13(17)5-7-16/h2-3,8,13,17H,4-7,9-10,15H2,1H3. The number of aliphatic hydroxyl groups is 1. The Morgan fingerprint density at radius 1 is 1.39 bits per heavy atom. The minimum Gasteiger partial charge on any atom is -0.496 e. The van der Waals surface area contributed by atoms with Crippen molar-refractivity contribution in [3.63, 3.8) is 0 Å². The first-order valence-electron chi connectivity index (χ1n) is 6.49. The van der Waals surface area contributed by atoms with Gasteiger partial charge >= 0.3 is 0 Å². The minimum absolute atomic E-state index is 0.126. The van der Waals surface area contributed by atoms with Crippen molar-refractivity contribution in [3.05, 3.63) is 29.3 Å². The number of nitrogens with two attached hydrogens (primary N) is 1. The number of hydrogen-bond donors (Lipinski definition) is 2. The van der Waals surface area contributed by atoms with E-state index in [4.69, 9.17) is 10.5 Å². The Morgan fingerprint density at radius 2 is 2.11 bits per heavy atom. The highest BCUT2D eigenvalue weighted by molar-refractivity contribution is 5.37. The molecule has 0 atom stereocenters. The average Bonchev–Trinajstić information content (AvgIpc) is 2.41. The van der Waals surface area contributed by atoms with Crippen LogP contribution >= 0.6 is 0 Å². The second-order valence-corrected chi connectivity index (χ2v) is 4.86. The predicted octanol–water partition coefficient (Wildman–Crippen LogP) is 1.11. The Bertz CT molecular complexity index is 387. The van der Waals surface area contributed by atoms with E-state index in [1.807, 2.05) is 12.1 Å². The Morgan fingerprint density at radius 3 is 2.72 bits per heavy atom. The smallest absolute Gasteiger partial charge is 0.123 e. The van der Waals surface area contributed by atoms with E-state index in [1.165, 1.54) is 5.56 Å². The largest absolute Gasteiger partial charge is 0.496 e. The van der Waals surface area contributed by atoms with Crippen LogP contribution in [-0.2, 0) is 13.1 Å². The molecule has 0 radical (unpaired) electrons. The zero-order valence-corrected chi connectivity index (χ0v) is 10.9. The van der Waals surface area contributed by atoms with Gasteiger partial charge in [-0.25, -0.2) is 0 Å². The molecule has 1 fully saturated rings. The Balaban J connectivity index is 2.07. The van der Waals surface area contributed by atoms with Crippen molar-refractivity contribution in [2.75, 3.05) is 20.2 Å². The highest BCUT2D eigenvalue weighted by Crippen LogP contribution is 2.23. The Hall–Kier alpha value is -1.10. The average molecular weight is 250 g/mol. The number of ether oxygens (including phenoxy) is 1. The number of benzene rings is 1. The number of hydrogen-bond acceptors (Lipinski definition) is 4. The molecule has 1 heterocycles. The summed E-state index contributed by atoms with van der Waals surface area (Å²) < 4.78 is 5.39. The summed E-state index contributed by atoms with van der Waals surface area (Å²) in [7, 11) is 1.70. The number of nitrogens with zero attached hydrogens (tertiary/aromatic N) is 1. The molecule has 100 valence electrons. The summed E-state index contributed by atoms with van der Waals surface area (Å²) >= 11 is 0. The third-order valence-electron chi connectivity index (χ3n) is 3.53. The number of likely N-dealkylation sites (tertiary alicyclic amines) is 1. The lowest BCUT2D eigenvalue weighted by Crippen LogP contribution is -2.35. The molecule has 4 heteroatoms. The van der Waals surface area contributed by atoms with Gasteiger partial charge < -0.3 is 15.6 Å². The molecule has 18 heavy (non-hydrogen) atoms. The Kier molecular flexibility index (Phi) is 4.58. The summed E-state index contributed by atoms with van der Waals surface area (Å²) in [5.41, 5.74) is 7.98. The predicted molar refractivity (Wildman–Crippen MR) is 71.4 cm³/mol. The van der Waals surface area contributed by atoms with Gasteiger partial charge in [-0.3, -0.25) is 4.90 Å². The maximum atomic E-state index is 9.51. The molecule has 1 aromatic carbocycles. The van der Waals surface area contributed by atoms with Crippen LogP contribution in [0.15, 0.2) is 18.2 Å². The minimum atomic E-state index is -0.126. The summed E-state index contributed by atoms with van der Waals surface area (Å²) in [6, 6.07) is 6.10. The van der Waals surface area contributed by atoms with Gasteiger partial charge in [0.25, 0.3) is 0 Å². The Labute approximate surface area is 108 Å². The molecule has 0 unspecified atom stereocenters.